The minimum Gasteiger partial charge on any atom is -0.452 e. The van der Waals surface area contributed by atoms with Crippen LogP contribution in [0.15, 0.2) is 36.1 Å². The van der Waals surface area contributed by atoms with Crippen LogP contribution < -0.4 is 10.1 Å². The fourth-order valence-electron chi connectivity index (χ4n) is 1.86. The van der Waals surface area contributed by atoms with Crippen molar-refractivity contribution in [2.45, 2.75) is 18.8 Å². The van der Waals surface area contributed by atoms with Gasteiger partial charge < -0.3 is 10.1 Å². The monoisotopic (exact) mass is 215 g/mol. The molecule has 1 aromatic carbocycles. The van der Waals surface area contributed by atoms with Gasteiger partial charge in [0.1, 0.15) is 5.75 Å². The van der Waals surface area contributed by atoms with E-state index in [1.807, 2.05) is 12.1 Å². The summed E-state index contributed by atoms with van der Waals surface area (Å²) in [5.74, 6) is 1.75. The summed E-state index contributed by atoms with van der Waals surface area (Å²) in [6.45, 7) is 0.564. The first-order chi connectivity index (χ1) is 7.83. The zero-order chi connectivity index (χ0) is 11.0. The van der Waals surface area contributed by atoms with Crippen LogP contribution in [0.2, 0.25) is 0 Å². The van der Waals surface area contributed by atoms with Gasteiger partial charge in [-0.15, -0.1) is 0 Å². The molecule has 1 fully saturated rings. The molecule has 16 heavy (non-hydrogen) atoms. The van der Waals surface area contributed by atoms with Gasteiger partial charge in [-0.25, -0.2) is 0 Å². The van der Waals surface area contributed by atoms with Crippen molar-refractivity contribution in [3.05, 3.63) is 41.7 Å². The lowest BCUT2D eigenvalue weighted by Crippen LogP contribution is -2.19. The van der Waals surface area contributed by atoms with E-state index in [0.29, 0.717) is 12.3 Å². The summed E-state index contributed by atoms with van der Waals surface area (Å²) in [5.41, 5.74) is 1.37. The van der Waals surface area contributed by atoms with Gasteiger partial charge in [-0.3, -0.25) is 4.79 Å². The Morgan fingerprint density at radius 2 is 1.94 bits per heavy atom. The van der Waals surface area contributed by atoms with Gasteiger partial charge in [-0.2, -0.15) is 0 Å². The fourth-order valence-corrected chi connectivity index (χ4v) is 1.86. The number of nitrogens with one attached hydrogen (secondary N) is 1. The first kappa shape index (κ1) is 9.46. The van der Waals surface area contributed by atoms with Crippen LogP contribution in [-0.2, 0) is 4.79 Å². The van der Waals surface area contributed by atoms with Crippen molar-refractivity contribution in [3.63, 3.8) is 0 Å². The number of amides is 1. The highest BCUT2D eigenvalue weighted by Gasteiger charge is 2.23. The Morgan fingerprint density at radius 3 is 2.50 bits per heavy atom. The summed E-state index contributed by atoms with van der Waals surface area (Å²) in [7, 11) is 0. The van der Waals surface area contributed by atoms with E-state index in [1.165, 1.54) is 18.4 Å². The highest BCUT2D eigenvalue weighted by atomic mass is 16.5. The van der Waals surface area contributed by atoms with Gasteiger partial charge in [0.15, 0.2) is 5.76 Å². The topological polar surface area (TPSA) is 38.3 Å². The van der Waals surface area contributed by atoms with Gasteiger partial charge >= 0.3 is 0 Å². The average molecular weight is 215 g/mol. The van der Waals surface area contributed by atoms with Crippen molar-refractivity contribution < 1.29 is 9.53 Å². The van der Waals surface area contributed by atoms with Crippen LogP contribution in [0.3, 0.4) is 0 Å². The average Bonchev–Trinajstić information content (AvgIpc) is 3.07. The Bertz CT molecular complexity index is 444. The van der Waals surface area contributed by atoms with Gasteiger partial charge in [-0.1, -0.05) is 12.1 Å². The van der Waals surface area contributed by atoms with Gasteiger partial charge in [0, 0.05) is 6.54 Å². The minimum absolute atomic E-state index is 0.133. The van der Waals surface area contributed by atoms with E-state index in [1.54, 1.807) is 6.08 Å². The van der Waals surface area contributed by atoms with Crippen molar-refractivity contribution in [3.8, 4) is 5.75 Å². The molecule has 3 nitrogen and oxygen atoms in total. The maximum atomic E-state index is 11.3. The highest BCUT2D eigenvalue weighted by Crippen LogP contribution is 2.40. The molecule has 1 heterocycles. The van der Waals surface area contributed by atoms with Crippen LogP contribution in [0.4, 0.5) is 0 Å². The van der Waals surface area contributed by atoms with Gasteiger partial charge in [0.2, 0.25) is 0 Å². The summed E-state index contributed by atoms with van der Waals surface area (Å²) in [6, 6.07) is 8.03. The summed E-state index contributed by atoms with van der Waals surface area (Å²) >= 11 is 0. The van der Waals surface area contributed by atoms with E-state index >= 15 is 0 Å². The first-order valence-corrected chi connectivity index (χ1v) is 5.59. The molecular formula is C13H13NO2. The normalized spacial score (nSPS) is 19.2. The van der Waals surface area contributed by atoms with Crippen molar-refractivity contribution >= 4 is 5.91 Å². The largest absolute Gasteiger partial charge is 0.452 e. The van der Waals surface area contributed by atoms with Crippen molar-refractivity contribution in [2.24, 2.45) is 0 Å². The molecule has 0 atom stereocenters. The second kappa shape index (κ2) is 3.67. The molecule has 0 bridgehead atoms. The predicted molar refractivity (Wildman–Crippen MR) is 60.1 cm³/mol. The third-order valence-electron chi connectivity index (χ3n) is 2.93. The molecule has 1 amide bonds. The third-order valence-corrected chi connectivity index (χ3v) is 2.93. The van der Waals surface area contributed by atoms with Crippen molar-refractivity contribution in [1.29, 1.82) is 0 Å². The van der Waals surface area contributed by atoms with Crippen LogP contribution in [0.25, 0.3) is 0 Å². The predicted octanol–water partition coefficient (Wildman–Crippen LogP) is 1.96. The van der Waals surface area contributed by atoms with E-state index < -0.39 is 0 Å². The van der Waals surface area contributed by atoms with E-state index in [9.17, 15) is 4.79 Å². The number of benzene rings is 1. The van der Waals surface area contributed by atoms with Crippen molar-refractivity contribution in [1.82, 2.24) is 5.32 Å². The number of rotatable bonds is 3. The zero-order valence-corrected chi connectivity index (χ0v) is 8.90. The highest BCUT2D eigenvalue weighted by molar-refractivity contribution is 5.94. The number of hydrogen-bond donors (Lipinski definition) is 1. The Balaban J connectivity index is 1.72. The molecule has 0 saturated heterocycles. The lowest BCUT2D eigenvalue weighted by Gasteiger charge is -2.05. The summed E-state index contributed by atoms with van der Waals surface area (Å²) in [6.07, 6.45) is 4.36. The van der Waals surface area contributed by atoms with E-state index in [0.717, 1.165) is 11.7 Å². The van der Waals surface area contributed by atoms with Crippen LogP contribution >= 0.6 is 0 Å². The molecule has 3 rings (SSSR count). The molecule has 1 N–H and O–H groups in total. The quantitative estimate of drug-likeness (QED) is 0.837. The third kappa shape index (κ3) is 1.81. The molecule has 0 radical (unpaired) electrons. The van der Waals surface area contributed by atoms with Crippen molar-refractivity contribution in [2.75, 3.05) is 6.54 Å². The molecular weight excluding hydrogens is 202 g/mol. The summed E-state index contributed by atoms with van der Waals surface area (Å²) in [4.78, 5) is 11.3. The number of hydrogen-bond acceptors (Lipinski definition) is 2. The molecule has 0 unspecified atom stereocenters. The molecule has 1 aliphatic carbocycles. The molecule has 0 aromatic heterocycles. The van der Waals surface area contributed by atoms with Crippen LogP contribution in [0, 0.1) is 0 Å². The van der Waals surface area contributed by atoms with Crippen LogP contribution in [-0.4, -0.2) is 12.5 Å². The first-order valence-electron chi connectivity index (χ1n) is 5.59. The lowest BCUT2D eigenvalue weighted by atomic mass is 10.1. The summed E-state index contributed by atoms with van der Waals surface area (Å²) in [5, 5.41) is 2.67. The Labute approximate surface area is 94.1 Å². The minimum atomic E-state index is -0.133. The van der Waals surface area contributed by atoms with E-state index in [4.69, 9.17) is 4.74 Å². The smallest absolute Gasteiger partial charge is 0.286 e. The van der Waals surface area contributed by atoms with Gasteiger partial charge in [0.25, 0.3) is 5.91 Å². The summed E-state index contributed by atoms with van der Waals surface area (Å²) < 4.78 is 5.49. The molecule has 3 heteroatoms. The van der Waals surface area contributed by atoms with Crippen LogP contribution in [0.5, 0.6) is 5.75 Å². The SMILES string of the molecule is O=C1NCC=C1Oc1ccc(C2CC2)cc1. The fraction of sp³-hybridized carbons (Fsp3) is 0.308. The standard InChI is InChI=1S/C13H13NO2/c15-13-12(7-8-14-13)16-11-5-3-10(4-6-11)9-1-2-9/h3-7,9H,1-2,8H2,(H,14,15). The Hall–Kier alpha value is -1.77. The molecule has 82 valence electrons. The Morgan fingerprint density at radius 1 is 1.19 bits per heavy atom. The van der Waals surface area contributed by atoms with E-state index in [2.05, 4.69) is 17.4 Å². The second-order valence-electron chi connectivity index (χ2n) is 4.22. The molecule has 2 aliphatic rings. The maximum absolute atomic E-state index is 11.3. The lowest BCUT2D eigenvalue weighted by molar-refractivity contribution is -0.118. The number of carbonyl (C=O) groups is 1. The van der Waals surface area contributed by atoms with Crippen LogP contribution in [0.1, 0.15) is 24.3 Å². The van der Waals surface area contributed by atoms with Gasteiger partial charge in [-0.05, 0) is 42.5 Å². The number of ether oxygens (including phenoxy) is 1. The molecule has 0 spiro atoms. The maximum Gasteiger partial charge on any atom is 0.286 e. The zero-order valence-electron chi connectivity index (χ0n) is 8.90. The number of carbonyl (C=O) groups excluding carboxylic acids is 1. The molecule has 1 aromatic rings. The van der Waals surface area contributed by atoms with E-state index in [-0.39, 0.29) is 5.91 Å². The second-order valence-corrected chi connectivity index (χ2v) is 4.22. The molecule has 1 aliphatic heterocycles. The van der Waals surface area contributed by atoms with Gasteiger partial charge in [0.05, 0.1) is 0 Å². The Kier molecular flexibility index (Phi) is 2.17. The molecule has 1 saturated carbocycles.